The van der Waals surface area contributed by atoms with Gasteiger partial charge in [0, 0.05) is 26.2 Å². The van der Waals surface area contributed by atoms with Gasteiger partial charge in [-0.3, -0.25) is 0 Å². The first-order valence-electron chi connectivity index (χ1n) is 5.46. The van der Waals surface area contributed by atoms with Crippen molar-refractivity contribution >= 4 is 0 Å². The fourth-order valence-corrected chi connectivity index (χ4v) is 1.39. The van der Waals surface area contributed by atoms with Gasteiger partial charge in [-0.15, -0.1) is 0 Å². The zero-order valence-corrected chi connectivity index (χ0v) is 10.3. The minimum atomic E-state index is 0.205. The van der Waals surface area contributed by atoms with Crippen molar-refractivity contribution in [2.45, 2.75) is 39.3 Å². The third kappa shape index (κ3) is 4.94. The molecule has 0 saturated carbocycles. The highest BCUT2D eigenvalue weighted by Gasteiger charge is 2.14. The highest BCUT2D eigenvalue weighted by atomic mass is 16.5. The summed E-state index contributed by atoms with van der Waals surface area (Å²) in [5.41, 5.74) is 5.56. The Labute approximate surface area is 88.6 Å². The fraction of sp³-hybridized carbons (Fsp3) is 1.00. The summed E-state index contributed by atoms with van der Waals surface area (Å²) in [5, 5.41) is 0. The van der Waals surface area contributed by atoms with Gasteiger partial charge in [-0.25, -0.2) is 0 Å². The number of nitrogens with two attached hydrogens (primary N) is 1. The van der Waals surface area contributed by atoms with E-state index in [1.807, 2.05) is 0 Å². The number of nitrogens with zero attached hydrogens (tertiary/aromatic N) is 1. The molecule has 0 saturated heterocycles. The summed E-state index contributed by atoms with van der Waals surface area (Å²) >= 11 is 0. The molecule has 0 aliphatic rings. The molecule has 0 fully saturated rings. The van der Waals surface area contributed by atoms with Gasteiger partial charge in [0.15, 0.2) is 0 Å². The van der Waals surface area contributed by atoms with Gasteiger partial charge in [0.25, 0.3) is 0 Å². The van der Waals surface area contributed by atoms with Crippen LogP contribution in [0, 0.1) is 5.92 Å². The molecule has 2 N–H and O–H groups in total. The first-order valence-corrected chi connectivity index (χ1v) is 5.46. The zero-order valence-electron chi connectivity index (χ0n) is 10.3. The molecule has 0 bridgehead atoms. The monoisotopic (exact) mass is 202 g/mol. The van der Waals surface area contributed by atoms with E-state index in [0.29, 0.717) is 18.5 Å². The maximum absolute atomic E-state index is 5.56. The summed E-state index contributed by atoms with van der Waals surface area (Å²) in [4.78, 5) is 2.37. The molecule has 14 heavy (non-hydrogen) atoms. The smallest absolute Gasteiger partial charge is 0.0705 e. The van der Waals surface area contributed by atoms with Crippen molar-refractivity contribution in [3.05, 3.63) is 0 Å². The van der Waals surface area contributed by atoms with Gasteiger partial charge in [-0.2, -0.15) is 0 Å². The lowest BCUT2D eigenvalue weighted by Gasteiger charge is -2.28. The van der Waals surface area contributed by atoms with Crippen molar-refractivity contribution in [3.8, 4) is 0 Å². The summed E-state index contributed by atoms with van der Waals surface area (Å²) < 4.78 is 5.24. The Morgan fingerprint density at radius 3 is 2.21 bits per heavy atom. The Balaban J connectivity index is 3.77. The normalized spacial score (nSPS) is 16.3. The molecule has 0 spiro atoms. The number of ether oxygens (including phenoxy) is 1. The molecular formula is C11H26N2O. The Hall–Kier alpha value is -0.120. The Morgan fingerprint density at radius 1 is 1.29 bits per heavy atom. The van der Waals surface area contributed by atoms with Crippen LogP contribution in [0.5, 0.6) is 0 Å². The van der Waals surface area contributed by atoms with Crippen LogP contribution in [0.3, 0.4) is 0 Å². The van der Waals surface area contributed by atoms with E-state index in [4.69, 9.17) is 10.5 Å². The summed E-state index contributed by atoms with van der Waals surface area (Å²) in [7, 11) is 3.89. The van der Waals surface area contributed by atoms with Gasteiger partial charge in [0.1, 0.15) is 0 Å². The molecule has 86 valence electrons. The molecule has 0 rings (SSSR count). The van der Waals surface area contributed by atoms with Gasteiger partial charge in [0.05, 0.1) is 6.10 Å². The fourth-order valence-electron chi connectivity index (χ4n) is 1.39. The van der Waals surface area contributed by atoms with E-state index in [-0.39, 0.29) is 6.10 Å². The predicted molar refractivity (Wildman–Crippen MR) is 61.4 cm³/mol. The van der Waals surface area contributed by atoms with Crippen molar-refractivity contribution in [2.24, 2.45) is 11.7 Å². The maximum atomic E-state index is 5.56. The first kappa shape index (κ1) is 13.9. The van der Waals surface area contributed by atoms with E-state index in [0.717, 1.165) is 13.0 Å². The summed E-state index contributed by atoms with van der Waals surface area (Å²) in [6, 6.07) is 0.616. The van der Waals surface area contributed by atoms with E-state index in [9.17, 15) is 0 Å². The van der Waals surface area contributed by atoms with Gasteiger partial charge in [-0.05, 0) is 26.3 Å². The summed E-state index contributed by atoms with van der Waals surface area (Å²) in [5.74, 6) is 0.693. The molecule has 0 amide bonds. The quantitative estimate of drug-likeness (QED) is 0.677. The molecule has 2 unspecified atom stereocenters. The van der Waals surface area contributed by atoms with E-state index < -0.39 is 0 Å². The van der Waals surface area contributed by atoms with Gasteiger partial charge >= 0.3 is 0 Å². The van der Waals surface area contributed by atoms with E-state index >= 15 is 0 Å². The third-order valence-electron chi connectivity index (χ3n) is 3.06. The Morgan fingerprint density at radius 2 is 1.86 bits per heavy atom. The SMILES string of the molecule is COC(CN)CCN(C)C(C)C(C)C. The summed E-state index contributed by atoms with van der Waals surface area (Å²) in [6.45, 7) is 8.42. The van der Waals surface area contributed by atoms with Crippen LogP contribution < -0.4 is 5.73 Å². The van der Waals surface area contributed by atoms with E-state index in [1.54, 1.807) is 7.11 Å². The van der Waals surface area contributed by atoms with Crippen molar-refractivity contribution < 1.29 is 4.74 Å². The van der Waals surface area contributed by atoms with Crippen LogP contribution in [0.25, 0.3) is 0 Å². The number of rotatable bonds is 7. The van der Waals surface area contributed by atoms with Crippen LogP contribution in [0.1, 0.15) is 27.2 Å². The molecule has 2 atom stereocenters. The maximum Gasteiger partial charge on any atom is 0.0705 e. The molecule has 0 aromatic carbocycles. The number of hydrogen-bond acceptors (Lipinski definition) is 3. The van der Waals surface area contributed by atoms with Crippen molar-refractivity contribution in [3.63, 3.8) is 0 Å². The Bertz CT molecular complexity index is 135. The van der Waals surface area contributed by atoms with Crippen LogP contribution in [0.15, 0.2) is 0 Å². The van der Waals surface area contributed by atoms with Gasteiger partial charge in [0.2, 0.25) is 0 Å². The molecule has 0 aliphatic heterocycles. The second-order valence-electron chi connectivity index (χ2n) is 4.35. The molecule has 3 heteroatoms. The number of methoxy groups -OCH3 is 1. The Kier molecular flexibility index (Phi) is 7.15. The molecule has 0 aromatic rings. The standard InChI is InChI=1S/C11H26N2O/c1-9(2)10(3)13(4)7-6-11(8-12)14-5/h9-11H,6-8,12H2,1-5H3. The van der Waals surface area contributed by atoms with Gasteiger partial charge in [-0.1, -0.05) is 13.8 Å². The molecule has 0 aliphatic carbocycles. The second-order valence-corrected chi connectivity index (χ2v) is 4.35. The molecular weight excluding hydrogens is 176 g/mol. The molecule has 0 radical (unpaired) electrons. The third-order valence-corrected chi connectivity index (χ3v) is 3.06. The van der Waals surface area contributed by atoms with Crippen LogP contribution >= 0.6 is 0 Å². The minimum absolute atomic E-state index is 0.205. The molecule has 0 aromatic heterocycles. The van der Waals surface area contributed by atoms with E-state index in [2.05, 4.69) is 32.7 Å². The average molecular weight is 202 g/mol. The lowest BCUT2D eigenvalue weighted by molar-refractivity contribution is 0.0844. The van der Waals surface area contributed by atoms with Crippen LogP contribution in [0.4, 0.5) is 0 Å². The highest BCUT2D eigenvalue weighted by molar-refractivity contribution is 4.69. The zero-order chi connectivity index (χ0) is 11.1. The van der Waals surface area contributed by atoms with Crippen LogP contribution in [-0.2, 0) is 4.74 Å². The highest BCUT2D eigenvalue weighted by Crippen LogP contribution is 2.09. The first-order chi connectivity index (χ1) is 6.52. The van der Waals surface area contributed by atoms with E-state index in [1.165, 1.54) is 0 Å². The topological polar surface area (TPSA) is 38.5 Å². The molecule has 0 heterocycles. The van der Waals surface area contributed by atoms with Crippen LogP contribution in [-0.4, -0.2) is 44.3 Å². The van der Waals surface area contributed by atoms with Crippen LogP contribution in [0.2, 0.25) is 0 Å². The van der Waals surface area contributed by atoms with Crippen molar-refractivity contribution in [2.75, 3.05) is 27.2 Å². The lowest BCUT2D eigenvalue weighted by atomic mass is 10.0. The number of hydrogen-bond donors (Lipinski definition) is 1. The lowest BCUT2D eigenvalue weighted by Crippen LogP contribution is -2.36. The largest absolute Gasteiger partial charge is 0.380 e. The second kappa shape index (κ2) is 7.21. The van der Waals surface area contributed by atoms with Crippen molar-refractivity contribution in [1.29, 1.82) is 0 Å². The van der Waals surface area contributed by atoms with Gasteiger partial charge < -0.3 is 15.4 Å². The van der Waals surface area contributed by atoms with Crippen molar-refractivity contribution in [1.82, 2.24) is 4.90 Å². The summed E-state index contributed by atoms with van der Waals surface area (Å²) in [6.07, 6.45) is 1.22. The average Bonchev–Trinajstić information content (AvgIpc) is 2.17. The molecule has 3 nitrogen and oxygen atoms in total. The predicted octanol–water partition coefficient (Wildman–Crippen LogP) is 1.33. The minimum Gasteiger partial charge on any atom is -0.380 e.